The fourth-order valence-electron chi connectivity index (χ4n) is 3.35. The zero-order valence-corrected chi connectivity index (χ0v) is 16.5. The molecule has 0 spiro atoms. The predicted octanol–water partition coefficient (Wildman–Crippen LogP) is 4.05. The Morgan fingerprint density at radius 2 is 1.72 bits per heavy atom. The van der Waals surface area contributed by atoms with Crippen molar-refractivity contribution in [1.29, 1.82) is 0 Å². The number of thiophene rings is 1. The first kappa shape index (κ1) is 21.3. The summed E-state index contributed by atoms with van der Waals surface area (Å²) in [6.07, 6.45) is -1.06. The summed E-state index contributed by atoms with van der Waals surface area (Å²) in [5, 5.41) is 9.00. The molecule has 1 aromatic carbocycles. The Labute approximate surface area is 170 Å². The number of amides is 2. The van der Waals surface area contributed by atoms with Gasteiger partial charge in [-0.05, 0) is 72.6 Å². The fraction of sp³-hybridized carbons (Fsp3) is 0.400. The highest BCUT2D eigenvalue weighted by Crippen LogP contribution is 2.30. The third kappa shape index (κ3) is 5.80. The van der Waals surface area contributed by atoms with E-state index in [0.29, 0.717) is 0 Å². The van der Waals surface area contributed by atoms with Crippen LogP contribution in [0.3, 0.4) is 0 Å². The number of carbonyl (C=O) groups is 2. The molecular weight excluding hydrogens is 403 g/mol. The fourth-order valence-corrected chi connectivity index (χ4v) is 4.06. The van der Waals surface area contributed by atoms with Gasteiger partial charge in [0.05, 0.1) is 11.6 Å². The molecule has 2 aromatic rings. The van der Waals surface area contributed by atoms with Gasteiger partial charge in [-0.1, -0.05) is 6.42 Å². The molecule has 0 radical (unpaired) electrons. The largest absolute Gasteiger partial charge is 0.416 e. The maximum atomic E-state index is 12.6. The molecule has 1 aromatic heterocycles. The van der Waals surface area contributed by atoms with Crippen LogP contribution < -0.4 is 10.6 Å². The molecule has 1 unspecified atom stereocenters. The minimum atomic E-state index is -4.45. The van der Waals surface area contributed by atoms with Gasteiger partial charge in [0.25, 0.3) is 0 Å². The normalized spacial score (nSPS) is 16.2. The number of nitrogens with zero attached hydrogens (tertiary/aromatic N) is 1. The van der Waals surface area contributed by atoms with E-state index in [0.717, 1.165) is 55.8 Å². The minimum absolute atomic E-state index is 0.00984. The molecule has 0 aliphatic carbocycles. The molecule has 1 aliphatic rings. The summed E-state index contributed by atoms with van der Waals surface area (Å²) in [4.78, 5) is 26.6. The van der Waals surface area contributed by atoms with Crippen molar-refractivity contribution in [1.82, 2.24) is 10.2 Å². The van der Waals surface area contributed by atoms with E-state index in [1.54, 1.807) is 11.3 Å². The van der Waals surface area contributed by atoms with Crippen LogP contribution in [0, 0.1) is 0 Å². The average Bonchev–Trinajstić information content (AvgIpc) is 3.23. The molecule has 2 heterocycles. The van der Waals surface area contributed by atoms with Crippen LogP contribution in [-0.4, -0.2) is 36.3 Å². The standard InChI is InChI=1S/C20H22F3N3O2S/c21-20(22,23)15-4-6-16(7-5-15)25-19(28)18(27)24-12-17(14-8-11-29-13-14)26-9-2-1-3-10-26/h4-8,11,13,17H,1-3,9-10,12H2,(H,24,27)(H,25,28). The first-order valence-corrected chi connectivity index (χ1v) is 10.3. The van der Waals surface area contributed by atoms with Gasteiger partial charge < -0.3 is 10.6 Å². The predicted molar refractivity (Wildman–Crippen MR) is 106 cm³/mol. The lowest BCUT2D eigenvalue weighted by atomic mass is 10.0. The SMILES string of the molecule is O=C(NCC(c1ccsc1)N1CCCCC1)C(=O)Nc1ccc(C(F)(F)F)cc1. The lowest BCUT2D eigenvalue weighted by Gasteiger charge is -2.34. The Kier molecular flexibility index (Phi) is 6.92. The van der Waals surface area contributed by atoms with E-state index in [-0.39, 0.29) is 18.3 Å². The molecule has 1 saturated heterocycles. The summed E-state index contributed by atoms with van der Waals surface area (Å²) in [7, 11) is 0. The van der Waals surface area contributed by atoms with E-state index in [1.165, 1.54) is 6.42 Å². The number of alkyl halides is 3. The summed E-state index contributed by atoms with van der Waals surface area (Å²) in [5.41, 5.74) is 0.406. The molecule has 29 heavy (non-hydrogen) atoms. The number of likely N-dealkylation sites (tertiary alicyclic amines) is 1. The number of nitrogens with one attached hydrogen (secondary N) is 2. The summed E-state index contributed by atoms with van der Waals surface area (Å²) in [6.45, 7) is 2.16. The lowest BCUT2D eigenvalue weighted by molar-refractivity contribution is -0.137. The van der Waals surface area contributed by atoms with Gasteiger partial charge in [0.1, 0.15) is 0 Å². The van der Waals surface area contributed by atoms with Crippen molar-refractivity contribution < 1.29 is 22.8 Å². The van der Waals surface area contributed by atoms with Crippen LogP contribution in [0.4, 0.5) is 18.9 Å². The van der Waals surface area contributed by atoms with Crippen LogP contribution >= 0.6 is 11.3 Å². The average molecular weight is 425 g/mol. The number of benzene rings is 1. The monoisotopic (exact) mass is 425 g/mol. The molecule has 5 nitrogen and oxygen atoms in total. The summed E-state index contributed by atoms with van der Waals surface area (Å²) in [6, 6.07) is 5.96. The topological polar surface area (TPSA) is 61.4 Å². The van der Waals surface area contributed by atoms with E-state index < -0.39 is 23.6 Å². The van der Waals surface area contributed by atoms with Gasteiger partial charge in [0.15, 0.2) is 0 Å². The molecule has 0 bridgehead atoms. The number of hydrogen-bond acceptors (Lipinski definition) is 4. The van der Waals surface area contributed by atoms with Crippen molar-refractivity contribution in [3.05, 3.63) is 52.2 Å². The number of carbonyl (C=O) groups excluding carboxylic acids is 2. The lowest BCUT2D eigenvalue weighted by Crippen LogP contribution is -2.43. The summed E-state index contributed by atoms with van der Waals surface area (Å²) < 4.78 is 37.8. The van der Waals surface area contributed by atoms with E-state index in [9.17, 15) is 22.8 Å². The van der Waals surface area contributed by atoms with Crippen molar-refractivity contribution >= 4 is 28.8 Å². The summed E-state index contributed by atoms with van der Waals surface area (Å²) in [5.74, 6) is -1.73. The molecule has 3 rings (SSSR count). The first-order chi connectivity index (χ1) is 13.8. The zero-order chi connectivity index (χ0) is 20.9. The highest BCUT2D eigenvalue weighted by atomic mass is 32.1. The van der Waals surface area contributed by atoms with Crippen LogP contribution in [0.2, 0.25) is 0 Å². The maximum Gasteiger partial charge on any atom is 0.416 e. The Bertz CT molecular complexity index is 816. The van der Waals surface area contributed by atoms with Crippen molar-refractivity contribution in [2.24, 2.45) is 0 Å². The first-order valence-electron chi connectivity index (χ1n) is 9.37. The van der Waals surface area contributed by atoms with Gasteiger partial charge in [-0.25, -0.2) is 0 Å². The molecule has 1 aliphatic heterocycles. The van der Waals surface area contributed by atoms with Gasteiger partial charge in [0, 0.05) is 12.2 Å². The molecule has 1 fully saturated rings. The van der Waals surface area contributed by atoms with Crippen molar-refractivity contribution in [3.63, 3.8) is 0 Å². The Hall–Kier alpha value is -2.39. The Morgan fingerprint density at radius 3 is 2.31 bits per heavy atom. The van der Waals surface area contributed by atoms with Crippen molar-refractivity contribution in [2.45, 2.75) is 31.5 Å². The highest BCUT2D eigenvalue weighted by molar-refractivity contribution is 7.08. The van der Waals surface area contributed by atoms with Crippen molar-refractivity contribution in [3.8, 4) is 0 Å². The van der Waals surface area contributed by atoms with E-state index in [4.69, 9.17) is 0 Å². The second kappa shape index (κ2) is 9.41. The van der Waals surface area contributed by atoms with Gasteiger partial charge in [0.2, 0.25) is 0 Å². The maximum absolute atomic E-state index is 12.6. The van der Waals surface area contributed by atoms with E-state index in [2.05, 4.69) is 15.5 Å². The Balaban J connectivity index is 1.57. The smallest absolute Gasteiger partial charge is 0.346 e. The third-order valence-corrected chi connectivity index (χ3v) is 5.59. The number of rotatable bonds is 5. The Morgan fingerprint density at radius 1 is 1.03 bits per heavy atom. The highest BCUT2D eigenvalue weighted by Gasteiger charge is 2.30. The minimum Gasteiger partial charge on any atom is -0.346 e. The summed E-state index contributed by atoms with van der Waals surface area (Å²) >= 11 is 1.58. The number of anilines is 1. The van der Waals surface area contributed by atoms with Gasteiger partial charge in [-0.2, -0.15) is 24.5 Å². The second-order valence-electron chi connectivity index (χ2n) is 6.91. The van der Waals surface area contributed by atoms with Gasteiger partial charge in [-0.3, -0.25) is 14.5 Å². The van der Waals surface area contributed by atoms with E-state index >= 15 is 0 Å². The van der Waals surface area contributed by atoms with Crippen LogP contribution in [-0.2, 0) is 15.8 Å². The molecule has 0 saturated carbocycles. The molecular formula is C20H22F3N3O2S. The van der Waals surface area contributed by atoms with Gasteiger partial charge >= 0.3 is 18.0 Å². The third-order valence-electron chi connectivity index (χ3n) is 4.89. The molecule has 2 amide bonds. The van der Waals surface area contributed by atoms with Crippen LogP contribution in [0.5, 0.6) is 0 Å². The number of halogens is 3. The number of hydrogen-bond donors (Lipinski definition) is 2. The van der Waals surface area contributed by atoms with Crippen molar-refractivity contribution in [2.75, 3.05) is 25.0 Å². The second-order valence-corrected chi connectivity index (χ2v) is 7.69. The van der Waals surface area contributed by atoms with Crippen LogP contribution in [0.15, 0.2) is 41.1 Å². The molecule has 9 heteroatoms. The zero-order valence-electron chi connectivity index (χ0n) is 15.7. The quantitative estimate of drug-likeness (QED) is 0.711. The number of piperidine rings is 1. The van der Waals surface area contributed by atoms with Crippen LogP contribution in [0.25, 0.3) is 0 Å². The van der Waals surface area contributed by atoms with Crippen LogP contribution in [0.1, 0.15) is 36.4 Å². The van der Waals surface area contributed by atoms with Gasteiger partial charge in [-0.15, -0.1) is 0 Å². The molecule has 2 N–H and O–H groups in total. The molecule has 1 atom stereocenters. The van der Waals surface area contributed by atoms with E-state index in [1.807, 2.05) is 16.8 Å². The molecule has 156 valence electrons.